The Bertz CT molecular complexity index is 1250. The second-order valence-corrected chi connectivity index (χ2v) is 9.89. The van der Waals surface area contributed by atoms with Gasteiger partial charge >= 0.3 is 0 Å². The fraction of sp³-hybridized carbons (Fsp3) is 0.304. The lowest BCUT2D eigenvalue weighted by Crippen LogP contribution is -2.37. The minimum atomic E-state index is -3.30. The van der Waals surface area contributed by atoms with Gasteiger partial charge < -0.3 is 5.32 Å². The Morgan fingerprint density at radius 3 is 2.63 bits per heavy atom. The van der Waals surface area contributed by atoms with Crippen LogP contribution in [0.4, 0.5) is 11.4 Å². The van der Waals surface area contributed by atoms with Crippen molar-refractivity contribution in [3.8, 4) is 0 Å². The normalized spacial score (nSPS) is 15.9. The largest absolute Gasteiger partial charge is 0.322 e. The number of sulfonamides is 1. The molecule has 0 saturated carbocycles. The van der Waals surface area contributed by atoms with E-state index in [0.717, 1.165) is 28.5 Å². The molecule has 3 aromatic rings. The number of rotatable bonds is 3. The molecule has 0 bridgehead atoms. The van der Waals surface area contributed by atoms with E-state index in [2.05, 4.69) is 16.4 Å². The van der Waals surface area contributed by atoms with Crippen LogP contribution in [0.2, 0.25) is 0 Å². The van der Waals surface area contributed by atoms with Crippen LogP contribution >= 0.6 is 0 Å². The van der Waals surface area contributed by atoms with Crippen LogP contribution in [-0.2, 0) is 10.0 Å². The molecular weight excluding hydrogens is 398 g/mol. The molecular formula is C23H25N3O3S. The molecule has 1 saturated heterocycles. The van der Waals surface area contributed by atoms with E-state index in [9.17, 15) is 13.2 Å². The summed E-state index contributed by atoms with van der Waals surface area (Å²) in [6.07, 6.45) is 1.51. The third-order valence-electron chi connectivity index (χ3n) is 5.43. The van der Waals surface area contributed by atoms with Crippen LogP contribution in [0.1, 0.15) is 40.0 Å². The Hall–Kier alpha value is -2.93. The highest BCUT2D eigenvalue weighted by Gasteiger charge is 2.26. The molecule has 4 rings (SSSR count). The minimum Gasteiger partial charge on any atom is -0.322 e. The van der Waals surface area contributed by atoms with Crippen molar-refractivity contribution in [3.05, 3.63) is 64.8 Å². The fourth-order valence-electron chi connectivity index (χ4n) is 3.99. The van der Waals surface area contributed by atoms with Crippen LogP contribution in [0.25, 0.3) is 10.9 Å². The molecule has 7 heteroatoms. The average molecular weight is 424 g/mol. The number of anilines is 2. The third-order valence-corrected chi connectivity index (χ3v) is 7.30. The van der Waals surface area contributed by atoms with Crippen molar-refractivity contribution < 1.29 is 13.2 Å². The van der Waals surface area contributed by atoms with Crippen LogP contribution in [0, 0.1) is 20.8 Å². The summed E-state index contributed by atoms with van der Waals surface area (Å²) in [4.78, 5) is 17.6. The van der Waals surface area contributed by atoms with Crippen LogP contribution in [0.5, 0.6) is 0 Å². The number of aromatic nitrogens is 1. The molecule has 0 aliphatic carbocycles. The van der Waals surface area contributed by atoms with E-state index in [1.807, 2.05) is 32.9 Å². The van der Waals surface area contributed by atoms with Gasteiger partial charge in [0, 0.05) is 17.6 Å². The van der Waals surface area contributed by atoms with Gasteiger partial charge in [0.25, 0.3) is 5.91 Å². The molecule has 30 heavy (non-hydrogen) atoms. The quantitative estimate of drug-likeness (QED) is 0.680. The fourth-order valence-corrected chi connectivity index (χ4v) is 5.62. The molecule has 2 aromatic carbocycles. The SMILES string of the molecule is Cc1cc(C)c2nc(C)c(C(=O)Nc3cccc(N4CCCCS4(=O)=O)c3)cc2c1. The highest BCUT2D eigenvalue weighted by atomic mass is 32.2. The maximum Gasteiger partial charge on any atom is 0.257 e. The summed E-state index contributed by atoms with van der Waals surface area (Å²) in [6, 6.07) is 12.9. The van der Waals surface area contributed by atoms with Gasteiger partial charge in [-0.15, -0.1) is 0 Å². The van der Waals surface area contributed by atoms with E-state index in [1.165, 1.54) is 4.31 Å². The smallest absolute Gasteiger partial charge is 0.257 e. The molecule has 6 nitrogen and oxygen atoms in total. The highest BCUT2D eigenvalue weighted by Crippen LogP contribution is 2.27. The third kappa shape index (κ3) is 3.89. The van der Waals surface area contributed by atoms with Crippen LogP contribution in [0.15, 0.2) is 42.5 Å². The van der Waals surface area contributed by atoms with E-state index in [-0.39, 0.29) is 11.7 Å². The molecule has 1 aliphatic rings. The lowest BCUT2D eigenvalue weighted by atomic mass is 10.0. The van der Waals surface area contributed by atoms with E-state index in [1.54, 1.807) is 24.3 Å². The minimum absolute atomic E-state index is 0.157. The molecule has 0 atom stereocenters. The Balaban J connectivity index is 1.64. The summed E-state index contributed by atoms with van der Waals surface area (Å²) in [6.45, 7) is 6.32. The molecule has 1 N–H and O–H groups in total. The number of benzene rings is 2. The van der Waals surface area contributed by atoms with E-state index in [4.69, 9.17) is 0 Å². The van der Waals surface area contributed by atoms with Crippen molar-refractivity contribution >= 4 is 38.2 Å². The van der Waals surface area contributed by atoms with E-state index >= 15 is 0 Å². The molecule has 0 radical (unpaired) electrons. The van der Waals surface area contributed by atoms with Crippen molar-refractivity contribution in [2.75, 3.05) is 21.9 Å². The number of fused-ring (bicyclic) bond motifs is 1. The first kappa shape index (κ1) is 20.3. The summed E-state index contributed by atoms with van der Waals surface area (Å²) in [5, 5.41) is 3.83. The van der Waals surface area contributed by atoms with Gasteiger partial charge in [-0.1, -0.05) is 17.7 Å². The first-order chi connectivity index (χ1) is 14.2. The maximum atomic E-state index is 13.0. The lowest BCUT2D eigenvalue weighted by Gasteiger charge is -2.28. The standard InChI is InChI=1S/C23H25N3O3S/c1-15-11-16(2)22-18(12-15)13-21(17(3)24-22)23(27)25-19-7-6-8-20(14-19)26-9-4-5-10-30(26,28)29/h6-8,11-14H,4-5,9-10H2,1-3H3,(H,25,27). The molecule has 1 amide bonds. The van der Waals surface area contributed by atoms with Crippen molar-refractivity contribution in [2.45, 2.75) is 33.6 Å². The lowest BCUT2D eigenvalue weighted by molar-refractivity contribution is 0.102. The number of aryl methyl sites for hydroxylation is 3. The summed E-state index contributed by atoms with van der Waals surface area (Å²) in [5.74, 6) is -0.107. The van der Waals surface area contributed by atoms with Crippen molar-refractivity contribution in [1.29, 1.82) is 0 Å². The molecule has 2 heterocycles. The summed E-state index contributed by atoms with van der Waals surface area (Å²) in [5.41, 5.74) is 5.38. The van der Waals surface area contributed by atoms with Crippen molar-refractivity contribution in [2.24, 2.45) is 0 Å². The second kappa shape index (κ2) is 7.72. The Morgan fingerprint density at radius 2 is 1.87 bits per heavy atom. The van der Waals surface area contributed by atoms with Gasteiger partial charge in [-0.2, -0.15) is 0 Å². The first-order valence-electron chi connectivity index (χ1n) is 10.0. The van der Waals surface area contributed by atoms with Gasteiger partial charge in [0.15, 0.2) is 0 Å². The Labute approximate surface area is 177 Å². The molecule has 156 valence electrons. The monoisotopic (exact) mass is 423 g/mol. The van der Waals surface area contributed by atoms with Crippen molar-refractivity contribution in [3.63, 3.8) is 0 Å². The maximum absolute atomic E-state index is 13.0. The number of nitrogens with one attached hydrogen (secondary N) is 1. The van der Waals surface area contributed by atoms with E-state index in [0.29, 0.717) is 35.6 Å². The second-order valence-electron chi connectivity index (χ2n) is 7.87. The van der Waals surface area contributed by atoms with Gasteiger partial charge in [0.1, 0.15) is 0 Å². The molecule has 1 aliphatic heterocycles. The van der Waals surface area contributed by atoms with E-state index < -0.39 is 10.0 Å². The average Bonchev–Trinajstić information content (AvgIpc) is 2.68. The number of hydrogen-bond acceptors (Lipinski definition) is 4. The molecule has 1 fully saturated rings. The van der Waals surface area contributed by atoms with Gasteiger partial charge in [-0.05, 0) is 69.5 Å². The zero-order chi connectivity index (χ0) is 21.5. The van der Waals surface area contributed by atoms with Crippen LogP contribution < -0.4 is 9.62 Å². The van der Waals surface area contributed by atoms with Gasteiger partial charge in [0.05, 0.1) is 28.2 Å². The number of amides is 1. The molecule has 1 aromatic heterocycles. The predicted octanol–water partition coefficient (Wildman–Crippen LogP) is 4.34. The number of pyridine rings is 1. The predicted molar refractivity (Wildman–Crippen MR) is 121 cm³/mol. The number of carbonyl (C=O) groups excluding carboxylic acids is 1. The zero-order valence-corrected chi connectivity index (χ0v) is 18.2. The van der Waals surface area contributed by atoms with Gasteiger partial charge in [-0.3, -0.25) is 14.1 Å². The summed E-state index contributed by atoms with van der Waals surface area (Å²) >= 11 is 0. The first-order valence-corrected chi connectivity index (χ1v) is 11.7. The van der Waals surface area contributed by atoms with Gasteiger partial charge in [-0.25, -0.2) is 8.42 Å². The van der Waals surface area contributed by atoms with Crippen LogP contribution in [-0.4, -0.2) is 31.6 Å². The topological polar surface area (TPSA) is 79.4 Å². The zero-order valence-electron chi connectivity index (χ0n) is 17.4. The Kier molecular flexibility index (Phi) is 5.24. The molecule has 0 unspecified atom stereocenters. The Morgan fingerprint density at radius 1 is 1.07 bits per heavy atom. The number of hydrogen-bond donors (Lipinski definition) is 1. The van der Waals surface area contributed by atoms with Crippen LogP contribution in [0.3, 0.4) is 0 Å². The number of carbonyl (C=O) groups is 1. The summed E-state index contributed by atoms with van der Waals surface area (Å²) < 4.78 is 26.2. The number of nitrogens with zero attached hydrogens (tertiary/aromatic N) is 2. The van der Waals surface area contributed by atoms with Crippen molar-refractivity contribution in [1.82, 2.24) is 4.98 Å². The highest BCUT2D eigenvalue weighted by molar-refractivity contribution is 7.92. The summed E-state index contributed by atoms with van der Waals surface area (Å²) in [7, 11) is -3.30. The van der Waals surface area contributed by atoms with Gasteiger partial charge in [0.2, 0.25) is 10.0 Å². The molecule has 0 spiro atoms.